The van der Waals surface area contributed by atoms with E-state index in [4.69, 9.17) is 27.9 Å². The number of hydrogen-bond acceptors (Lipinski definition) is 3. The number of aryl methyl sites for hydroxylation is 1. The normalized spacial score (nSPS) is 11.6. The minimum absolute atomic E-state index is 0.130. The van der Waals surface area contributed by atoms with Crippen molar-refractivity contribution in [1.82, 2.24) is 10.2 Å². The minimum Gasteiger partial charge on any atom is -0.494 e. The first kappa shape index (κ1) is 27.6. The highest BCUT2D eigenvalue weighted by Crippen LogP contribution is 2.27. The van der Waals surface area contributed by atoms with Crippen LogP contribution in [0, 0.1) is 6.92 Å². The van der Waals surface area contributed by atoms with Crippen LogP contribution in [0.1, 0.15) is 36.5 Å². The van der Waals surface area contributed by atoms with E-state index in [1.54, 1.807) is 23.1 Å². The van der Waals surface area contributed by atoms with Gasteiger partial charge in [-0.05, 0) is 50.1 Å². The Morgan fingerprint density at radius 3 is 2.25 bits per heavy atom. The van der Waals surface area contributed by atoms with Crippen LogP contribution in [0.3, 0.4) is 0 Å². The van der Waals surface area contributed by atoms with Gasteiger partial charge >= 0.3 is 0 Å². The molecular weight excluding hydrogens is 495 g/mol. The quantitative estimate of drug-likeness (QED) is 0.284. The van der Waals surface area contributed by atoms with Crippen LogP contribution in [0.5, 0.6) is 5.75 Å². The fourth-order valence-electron chi connectivity index (χ4n) is 3.89. The summed E-state index contributed by atoms with van der Waals surface area (Å²) >= 11 is 12.9. The van der Waals surface area contributed by atoms with E-state index < -0.39 is 6.04 Å². The topological polar surface area (TPSA) is 58.6 Å². The van der Waals surface area contributed by atoms with Gasteiger partial charge in [0.1, 0.15) is 11.8 Å². The standard InChI is InChI=1S/C29H32Cl2N2O3/c1-3-32-29(35)27(19-22-9-5-4-6-10-22)33(20-24-25(30)11-7-12-26(24)31)28(34)13-8-18-36-23-16-14-21(2)15-17-23/h4-7,9-12,14-17,27H,3,8,13,18-20H2,1-2H3,(H,32,35)/t27-/m0/s1. The molecule has 2 amide bonds. The lowest BCUT2D eigenvalue weighted by Crippen LogP contribution is -2.50. The first-order chi connectivity index (χ1) is 17.4. The number of ether oxygens (including phenoxy) is 1. The molecule has 0 unspecified atom stereocenters. The maximum Gasteiger partial charge on any atom is 0.243 e. The van der Waals surface area contributed by atoms with Crippen LogP contribution in [0.2, 0.25) is 10.0 Å². The van der Waals surface area contributed by atoms with Crippen LogP contribution in [-0.2, 0) is 22.6 Å². The average molecular weight is 527 g/mol. The van der Waals surface area contributed by atoms with Crippen LogP contribution in [0.15, 0.2) is 72.8 Å². The summed E-state index contributed by atoms with van der Waals surface area (Å²) in [6, 6.07) is 22.0. The Morgan fingerprint density at radius 2 is 1.61 bits per heavy atom. The molecular formula is C29H32Cl2N2O3. The fourth-order valence-corrected chi connectivity index (χ4v) is 4.41. The molecule has 0 saturated carbocycles. The molecule has 0 radical (unpaired) electrons. The molecule has 0 fully saturated rings. The summed E-state index contributed by atoms with van der Waals surface area (Å²) < 4.78 is 5.80. The first-order valence-electron chi connectivity index (χ1n) is 12.1. The number of carbonyl (C=O) groups excluding carboxylic acids is 2. The molecule has 3 aromatic rings. The Hall–Kier alpha value is -3.02. The van der Waals surface area contributed by atoms with Crippen LogP contribution < -0.4 is 10.1 Å². The summed E-state index contributed by atoms with van der Waals surface area (Å²) in [6.45, 7) is 4.86. The first-order valence-corrected chi connectivity index (χ1v) is 12.9. The molecule has 0 bridgehead atoms. The summed E-state index contributed by atoms with van der Waals surface area (Å²) in [5, 5.41) is 3.80. The molecule has 190 valence electrons. The van der Waals surface area contributed by atoms with Crippen molar-refractivity contribution in [1.29, 1.82) is 0 Å². The third-order valence-electron chi connectivity index (χ3n) is 5.84. The Kier molecular flexibility index (Phi) is 10.6. The zero-order valence-electron chi connectivity index (χ0n) is 20.7. The van der Waals surface area contributed by atoms with Crippen molar-refractivity contribution in [2.24, 2.45) is 0 Å². The lowest BCUT2D eigenvalue weighted by Gasteiger charge is -2.32. The van der Waals surface area contributed by atoms with E-state index in [9.17, 15) is 9.59 Å². The molecule has 5 nitrogen and oxygen atoms in total. The Morgan fingerprint density at radius 1 is 0.944 bits per heavy atom. The fraction of sp³-hybridized carbons (Fsp3) is 0.310. The number of nitrogens with zero attached hydrogens (tertiary/aromatic N) is 1. The smallest absolute Gasteiger partial charge is 0.243 e. The molecule has 36 heavy (non-hydrogen) atoms. The van der Waals surface area contributed by atoms with Gasteiger partial charge in [-0.25, -0.2) is 0 Å². The number of carbonyl (C=O) groups is 2. The maximum absolute atomic E-state index is 13.6. The number of halogens is 2. The van der Waals surface area contributed by atoms with Crippen molar-refractivity contribution < 1.29 is 14.3 Å². The van der Waals surface area contributed by atoms with E-state index in [-0.39, 0.29) is 24.8 Å². The van der Waals surface area contributed by atoms with Gasteiger partial charge in [0, 0.05) is 41.5 Å². The molecule has 0 aromatic heterocycles. The Labute approximate surface area is 223 Å². The number of amides is 2. The van der Waals surface area contributed by atoms with Crippen molar-refractivity contribution in [3.63, 3.8) is 0 Å². The molecule has 0 aliphatic rings. The van der Waals surface area contributed by atoms with Crippen molar-refractivity contribution in [3.05, 3.63) is 99.5 Å². The van der Waals surface area contributed by atoms with E-state index in [2.05, 4.69) is 5.32 Å². The lowest BCUT2D eigenvalue weighted by molar-refractivity contribution is -0.141. The van der Waals surface area contributed by atoms with E-state index in [1.165, 1.54) is 0 Å². The summed E-state index contributed by atoms with van der Waals surface area (Å²) in [5.41, 5.74) is 2.73. The molecule has 0 aliphatic heterocycles. The van der Waals surface area contributed by atoms with Gasteiger partial charge in [-0.3, -0.25) is 9.59 Å². The van der Waals surface area contributed by atoms with Gasteiger partial charge < -0.3 is 15.0 Å². The highest BCUT2D eigenvalue weighted by atomic mass is 35.5. The van der Waals surface area contributed by atoms with Crippen LogP contribution >= 0.6 is 23.2 Å². The summed E-state index contributed by atoms with van der Waals surface area (Å²) in [6.07, 6.45) is 1.10. The Balaban J connectivity index is 1.81. The molecule has 3 rings (SSSR count). The molecule has 0 heterocycles. The Bertz CT molecular complexity index is 1120. The van der Waals surface area contributed by atoms with E-state index in [0.29, 0.717) is 41.6 Å². The minimum atomic E-state index is -0.717. The molecule has 0 saturated heterocycles. The van der Waals surface area contributed by atoms with Crippen LogP contribution in [-0.4, -0.2) is 35.9 Å². The van der Waals surface area contributed by atoms with Crippen molar-refractivity contribution in [3.8, 4) is 5.75 Å². The molecule has 3 aromatic carbocycles. The van der Waals surface area contributed by atoms with E-state index in [1.807, 2.05) is 68.4 Å². The summed E-state index contributed by atoms with van der Waals surface area (Å²) in [4.78, 5) is 28.4. The second-order valence-corrected chi connectivity index (χ2v) is 9.40. The maximum atomic E-state index is 13.6. The second-order valence-electron chi connectivity index (χ2n) is 8.59. The number of likely N-dealkylation sites (N-methyl/N-ethyl adjacent to an activating group) is 1. The molecule has 7 heteroatoms. The van der Waals surface area contributed by atoms with Gasteiger partial charge in [-0.15, -0.1) is 0 Å². The molecule has 0 spiro atoms. The predicted octanol–water partition coefficient (Wildman–Crippen LogP) is 6.24. The van der Waals surface area contributed by atoms with Gasteiger partial charge in [-0.2, -0.15) is 0 Å². The summed E-state index contributed by atoms with van der Waals surface area (Å²) in [5.74, 6) is 0.386. The highest BCUT2D eigenvalue weighted by Gasteiger charge is 2.30. The number of hydrogen-bond donors (Lipinski definition) is 1. The number of nitrogens with one attached hydrogen (secondary N) is 1. The van der Waals surface area contributed by atoms with E-state index >= 15 is 0 Å². The van der Waals surface area contributed by atoms with Crippen LogP contribution in [0.4, 0.5) is 0 Å². The SMILES string of the molecule is CCNC(=O)[C@H](Cc1ccccc1)N(Cc1c(Cl)cccc1Cl)C(=O)CCCOc1ccc(C)cc1. The molecule has 1 N–H and O–H groups in total. The predicted molar refractivity (Wildman–Crippen MR) is 146 cm³/mol. The second kappa shape index (κ2) is 13.9. The number of benzene rings is 3. The monoisotopic (exact) mass is 526 g/mol. The van der Waals surface area contributed by atoms with Gasteiger partial charge in [-0.1, -0.05) is 77.3 Å². The van der Waals surface area contributed by atoms with Gasteiger partial charge in [0.2, 0.25) is 11.8 Å². The summed E-state index contributed by atoms with van der Waals surface area (Å²) in [7, 11) is 0. The van der Waals surface area contributed by atoms with Gasteiger partial charge in [0.25, 0.3) is 0 Å². The third kappa shape index (κ3) is 8.00. The van der Waals surface area contributed by atoms with Crippen LogP contribution in [0.25, 0.3) is 0 Å². The van der Waals surface area contributed by atoms with Crippen molar-refractivity contribution >= 4 is 35.0 Å². The van der Waals surface area contributed by atoms with Gasteiger partial charge in [0.05, 0.1) is 6.61 Å². The van der Waals surface area contributed by atoms with Gasteiger partial charge in [0.15, 0.2) is 0 Å². The largest absolute Gasteiger partial charge is 0.494 e. The average Bonchev–Trinajstić information content (AvgIpc) is 2.87. The van der Waals surface area contributed by atoms with E-state index in [0.717, 1.165) is 16.9 Å². The van der Waals surface area contributed by atoms with Crippen molar-refractivity contribution in [2.75, 3.05) is 13.2 Å². The molecule has 0 aliphatic carbocycles. The molecule has 1 atom stereocenters. The highest BCUT2D eigenvalue weighted by molar-refractivity contribution is 6.36. The third-order valence-corrected chi connectivity index (χ3v) is 6.55. The van der Waals surface area contributed by atoms with Crippen molar-refractivity contribution in [2.45, 2.75) is 45.7 Å². The zero-order valence-corrected chi connectivity index (χ0v) is 22.2. The zero-order chi connectivity index (χ0) is 25.9. The lowest BCUT2D eigenvalue weighted by atomic mass is 10.0. The number of rotatable bonds is 12.